The molecule has 0 bridgehead atoms. The number of furan rings is 1. The minimum Gasteiger partial charge on any atom is -0.444 e. The lowest BCUT2D eigenvalue weighted by atomic mass is 10.1. The summed E-state index contributed by atoms with van der Waals surface area (Å²) in [6.45, 7) is 2.34. The Labute approximate surface area is 137 Å². The van der Waals surface area contributed by atoms with Gasteiger partial charge in [0.25, 0.3) is 5.91 Å². The number of nitrogens with one attached hydrogen (secondary N) is 1. The molecule has 0 atom stereocenters. The topological polar surface area (TPSA) is 71.3 Å². The number of carbonyl (C=O) groups excluding carboxylic acids is 1. The van der Waals surface area contributed by atoms with Gasteiger partial charge in [0.05, 0.1) is 6.54 Å². The zero-order chi connectivity index (χ0) is 15.4. The van der Waals surface area contributed by atoms with Crippen LogP contribution in [0.2, 0.25) is 0 Å². The third kappa shape index (κ3) is 3.65. The normalized spacial score (nSPS) is 14.9. The van der Waals surface area contributed by atoms with Gasteiger partial charge in [-0.1, -0.05) is 0 Å². The molecule has 3 rings (SSSR count). The van der Waals surface area contributed by atoms with Gasteiger partial charge >= 0.3 is 0 Å². The Kier molecular flexibility index (Phi) is 4.72. The number of hydrogen-bond donors (Lipinski definition) is 1. The van der Waals surface area contributed by atoms with E-state index in [1.165, 1.54) is 19.3 Å². The molecule has 0 aliphatic carbocycles. The molecule has 1 fully saturated rings. The van der Waals surface area contributed by atoms with E-state index in [1.807, 2.05) is 6.07 Å². The van der Waals surface area contributed by atoms with Crippen molar-refractivity contribution < 1.29 is 9.21 Å². The molecule has 1 N–H and O–H groups in total. The molecule has 2 aromatic rings. The van der Waals surface area contributed by atoms with Crippen LogP contribution in [-0.2, 0) is 6.54 Å². The van der Waals surface area contributed by atoms with Crippen LogP contribution in [0.25, 0.3) is 0 Å². The summed E-state index contributed by atoms with van der Waals surface area (Å²) in [5.74, 6) is 1.51. The smallest absolute Gasteiger partial charge is 0.287 e. The van der Waals surface area contributed by atoms with Crippen LogP contribution in [0.1, 0.15) is 35.6 Å². The van der Waals surface area contributed by atoms with Crippen molar-refractivity contribution in [1.29, 1.82) is 0 Å². The van der Waals surface area contributed by atoms with E-state index in [2.05, 4.69) is 36.1 Å². The van der Waals surface area contributed by atoms with Crippen LogP contribution in [0.5, 0.6) is 0 Å². The van der Waals surface area contributed by atoms with Crippen molar-refractivity contribution in [3.8, 4) is 0 Å². The molecule has 0 unspecified atom stereocenters. The number of piperidine rings is 1. The van der Waals surface area contributed by atoms with Gasteiger partial charge in [-0.25, -0.2) is 9.97 Å². The second kappa shape index (κ2) is 6.91. The molecule has 0 spiro atoms. The maximum absolute atomic E-state index is 11.9. The van der Waals surface area contributed by atoms with Gasteiger partial charge in [0, 0.05) is 19.3 Å². The fraction of sp³-hybridized carbons (Fsp3) is 0.400. The van der Waals surface area contributed by atoms with Gasteiger partial charge in [-0.05, 0) is 53.4 Å². The Morgan fingerprint density at radius 3 is 2.82 bits per heavy atom. The largest absolute Gasteiger partial charge is 0.444 e. The molecule has 2 aromatic heterocycles. The van der Waals surface area contributed by atoms with Crippen molar-refractivity contribution >= 4 is 27.7 Å². The monoisotopic (exact) mass is 364 g/mol. The van der Waals surface area contributed by atoms with Crippen LogP contribution in [0.3, 0.4) is 0 Å². The number of carbonyl (C=O) groups is 1. The molecule has 3 heterocycles. The maximum atomic E-state index is 11.9. The molecule has 0 saturated carbocycles. The van der Waals surface area contributed by atoms with E-state index in [1.54, 1.807) is 18.3 Å². The van der Waals surface area contributed by atoms with Crippen molar-refractivity contribution in [3.05, 3.63) is 40.7 Å². The minimum atomic E-state index is -0.280. The molecule has 0 radical (unpaired) electrons. The van der Waals surface area contributed by atoms with Crippen LogP contribution in [0, 0.1) is 0 Å². The summed E-state index contributed by atoms with van der Waals surface area (Å²) in [6, 6.07) is 5.22. The zero-order valence-electron chi connectivity index (χ0n) is 12.1. The van der Waals surface area contributed by atoms with Gasteiger partial charge < -0.3 is 14.6 Å². The third-order valence-corrected chi connectivity index (χ3v) is 4.00. The quantitative estimate of drug-likeness (QED) is 0.902. The highest BCUT2D eigenvalue weighted by Gasteiger charge is 2.14. The first-order chi connectivity index (χ1) is 10.7. The highest BCUT2D eigenvalue weighted by atomic mass is 79.9. The van der Waals surface area contributed by atoms with Crippen molar-refractivity contribution in [2.24, 2.45) is 0 Å². The molecule has 116 valence electrons. The number of amides is 1. The number of hydrogen-bond acceptors (Lipinski definition) is 5. The second-order valence-electron chi connectivity index (χ2n) is 5.17. The van der Waals surface area contributed by atoms with E-state index in [0.717, 1.165) is 18.9 Å². The van der Waals surface area contributed by atoms with Gasteiger partial charge in [0.2, 0.25) is 0 Å². The Hall–Kier alpha value is -1.89. The zero-order valence-corrected chi connectivity index (χ0v) is 13.7. The third-order valence-electron chi connectivity index (χ3n) is 3.57. The summed E-state index contributed by atoms with van der Waals surface area (Å²) in [7, 11) is 0. The Morgan fingerprint density at radius 2 is 2.09 bits per heavy atom. The molecular formula is C15H17BrN4O2. The minimum absolute atomic E-state index is 0.263. The van der Waals surface area contributed by atoms with E-state index in [9.17, 15) is 4.79 Å². The lowest BCUT2D eigenvalue weighted by Gasteiger charge is -2.27. The fourth-order valence-electron chi connectivity index (χ4n) is 2.46. The van der Waals surface area contributed by atoms with Crippen molar-refractivity contribution in [1.82, 2.24) is 15.3 Å². The summed E-state index contributed by atoms with van der Waals surface area (Å²) >= 11 is 3.17. The van der Waals surface area contributed by atoms with Crippen LogP contribution < -0.4 is 10.2 Å². The van der Waals surface area contributed by atoms with Crippen LogP contribution in [0.4, 0.5) is 5.82 Å². The van der Waals surface area contributed by atoms with Gasteiger partial charge in [-0.2, -0.15) is 0 Å². The number of aromatic nitrogens is 2. The Morgan fingerprint density at radius 1 is 1.27 bits per heavy atom. The maximum Gasteiger partial charge on any atom is 0.287 e. The molecule has 6 nitrogen and oxygen atoms in total. The molecule has 0 aromatic carbocycles. The lowest BCUT2D eigenvalue weighted by molar-refractivity contribution is 0.0921. The van der Waals surface area contributed by atoms with Crippen molar-refractivity contribution in [2.75, 3.05) is 18.0 Å². The lowest BCUT2D eigenvalue weighted by Crippen LogP contribution is -2.31. The summed E-state index contributed by atoms with van der Waals surface area (Å²) < 4.78 is 5.74. The van der Waals surface area contributed by atoms with Crippen molar-refractivity contribution in [2.45, 2.75) is 25.8 Å². The second-order valence-corrected chi connectivity index (χ2v) is 5.95. The number of nitrogens with zero attached hydrogens (tertiary/aromatic N) is 3. The highest BCUT2D eigenvalue weighted by molar-refractivity contribution is 9.10. The molecule has 1 aliphatic heterocycles. The molecule has 7 heteroatoms. The summed E-state index contributed by atoms with van der Waals surface area (Å²) in [4.78, 5) is 22.9. The first kappa shape index (κ1) is 15.0. The molecule has 1 saturated heterocycles. The van der Waals surface area contributed by atoms with Crippen molar-refractivity contribution in [3.63, 3.8) is 0 Å². The van der Waals surface area contributed by atoms with E-state index in [4.69, 9.17) is 4.42 Å². The number of anilines is 1. The molecular weight excluding hydrogens is 348 g/mol. The average Bonchev–Trinajstić information content (AvgIpc) is 3.00. The standard InChI is InChI=1S/C15H17BrN4O2/c16-12-5-4-11(22-12)15(21)18-10-13-17-7-6-14(19-13)20-8-2-1-3-9-20/h4-7H,1-3,8-10H2,(H,18,21). The first-order valence-corrected chi connectivity index (χ1v) is 8.12. The van der Waals surface area contributed by atoms with Crippen LogP contribution in [0.15, 0.2) is 33.5 Å². The highest BCUT2D eigenvalue weighted by Crippen LogP contribution is 2.17. The van der Waals surface area contributed by atoms with Gasteiger partial charge in [-0.15, -0.1) is 0 Å². The molecule has 1 aliphatic rings. The predicted octanol–water partition coefficient (Wildman–Crippen LogP) is 2.75. The summed E-state index contributed by atoms with van der Waals surface area (Å²) in [5, 5.41) is 2.76. The van der Waals surface area contributed by atoms with Gasteiger partial charge in [0.1, 0.15) is 11.6 Å². The summed E-state index contributed by atoms with van der Waals surface area (Å²) in [5.41, 5.74) is 0. The number of rotatable bonds is 4. The first-order valence-electron chi connectivity index (χ1n) is 7.33. The van der Waals surface area contributed by atoms with E-state index in [-0.39, 0.29) is 18.2 Å². The van der Waals surface area contributed by atoms with E-state index < -0.39 is 0 Å². The SMILES string of the molecule is O=C(NCc1nccc(N2CCCCC2)n1)c1ccc(Br)o1. The Balaban J connectivity index is 1.61. The predicted molar refractivity (Wildman–Crippen MR) is 85.7 cm³/mol. The fourth-order valence-corrected chi connectivity index (χ4v) is 2.76. The molecule has 1 amide bonds. The van der Waals surface area contributed by atoms with Gasteiger partial charge in [0.15, 0.2) is 10.4 Å². The van der Waals surface area contributed by atoms with Crippen LogP contribution in [-0.4, -0.2) is 29.0 Å². The van der Waals surface area contributed by atoms with E-state index >= 15 is 0 Å². The molecule has 22 heavy (non-hydrogen) atoms. The van der Waals surface area contributed by atoms with Gasteiger partial charge in [-0.3, -0.25) is 4.79 Å². The average molecular weight is 365 g/mol. The van der Waals surface area contributed by atoms with E-state index in [0.29, 0.717) is 10.5 Å². The number of halogens is 1. The summed E-state index contributed by atoms with van der Waals surface area (Å²) in [6.07, 6.45) is 5.41. The van der Waals surface area contributed by atoms with Crippen LogP contribution >= 0.6 is 15.9 Å². The Bertz CT molecular complexity index is 652.